The average Bonchev–Trinajstić information content (AvgIpc) is 2.64. The molecular formula is C12H19N3O2. The second kappa shape index (κ2) is 3.22. The van der Waals surface area contributed by atoms with Crippen LogP contribution in [0.5, 0.6) is 0 Å². The van der Waals surface area contributed by atoms with Crippen LogP contribution in [0.15, 0.2) is 0 Å². The van der Waals surface area contributed by atoms with E-state index in [1.807, 2.05) is 0 Å². The molecule has 3 heterocycles. The molecule has 0 aromatic heterocycles. The minimum absolute atomic E-state index is 0.106. The lowest BCUT2D eigenvalue weighted by molar-refractivity contribution is -0.155. The molecule has 17 heavy (non-hydrogen) atoms. The molecule has 0 aliphatic carbocycles. The van der Waals surface area contributed by atoms with Gasteiger partial charge in [-0.2, -0.15) is 0 Å². The topological polar surface area (TPSA) is 61.4 Å². The molecule has 2 amide bonds. The summed E-state index contributed by atoms with van der Waals surface area (Å²) < 4.78 is 0. The van der Waals surface area contributed by atoms with Crippen LogP contribution in [0, 0.1) is 5.92 Å². The maximum absolute atomic E-state index is 11.9. The number of hydrogen-bond acceptors (Lipinski definition) is 3. The molecule has 3 aliphatic heterocycles. The number of carbonyl (C=O) groups is 2. The van der Waals surface area contributed by atoms with Crippen LogP contribution in [0.2, 0.25) is 0 Å². The monoisotopic (exact) mass is 237 g/mol. The summed E-state index contributed by atoms with van der Waals surface area (Å²) in [6.07, 6.45) is 1.64. The highest BCUT2D eigenvalue weighted by Gasteiger charge is 2.67. The van der Waals surface area contributed by atoms with Gasteiger partial charge in [0.25, 0.3) is 0 Å². The number of β-lactam (4-membered cyclic amide) rings is 2. The van der Waals surface area contributed by atoms with Crippen LogP contribution in [-0.4, -0.2) is 47.4 Å². The first-order chi connectivity index (χ1) is 8.01. The van der Waals surface area contributed by atoms with Crippen LogP contribution in [0.1, 0.15) is 26.7 Å². The number of likely N-dealkylation sites (tertiary alicyclic amines) is 1. The molecule has 0 bridgehead atoms. The minimum Gasteiger partial charge on any atom is -0.352 e. The molecule has 2 spiro atoms. The van der Waals surface area contributed by atoms with Crippen molar-refractivity contribution < 1.29 is 9.59 Å². The number of carbonyl (C=O) groups excluding carboxylic acids is 2. The van der Waals surface area contributed by atoms with E-state index in [1.165, 1.54) is 0 Å². The minimum atomic E-state index is -0.387. The molecule has 5 heteroatoms. The first kappa shape index (κ1) is 11.0. The summed E-state index contributed by atoms with van der Waals surface area (Å²) in [5, 5.41) is 5.67. The molecule has 0 aromatic carbocycles. The summed E-state index contributed by atoms with van der Waals surface area (Å²) in [5.74, 6) is 0.674. The van der Waals surface area contributed by atoms with Crippen molar-refractivity contribution in [2.45, 2.75) is 37.8 Å². The van der Waals surface area contributed by atoms with Gasteiger partial charge in [0.2, 0.25) is 11.8 Å². The molecule has 3 aliphatic rings. The van der Waals surface area contributed by atoms with Crippen LogP contribution >= 0.6 is 0 Å². The van der Waals surface area contributed by atoms with E-state index in [2.05, 4.69) is 29.4 Å². The number of nitrogens with zero attached hydrogens (tertiary/aromatic N) is 1. The van der Waals surface area contributed by atoms with Gasteiger partial charge in [-0.3, -0.25) is 14.5 Å². The fourth-order valence-corrected chi connectivity index (χ4v) is 3.38. The lowest BCUT2D eigenvalue weighted by Gasteiger charge is -2.53. The first-order valence-electron chi connectivity index (χ1n) is 6.36. The zero-order valence-corrected chi connectivity index (χ0v) is 10.4. The quantitative estimate of drug-likeness (QED) is 0.635. The predicted octanol–water partition coefficient (Wildman–Crippen LogP) is -0.525. The van der Waals surface area contributed by atoms with Crippen molar-refractivity contribution in [3.05, 3.63) is 0 Å². The Labute approximate surface area is 101 Å². The van der Waals surface area contributed by atoms with Crippen molar-refractivity contribution in [2.75, 3.05) is 19.6 Å². The van der Waals surface area contributed by atoms with E-state index in [1.54, 1.807) is 0 Å². The lowest BCUT2D eigenvalue weighted by atomic mass is 9.87. The van der Waals surface area contributed by atoms with Crippen molar-refractivity contribution in [3.63, 3.8) is 0 Å². The molecule has 94 valence electrons. The fourth-order valence-electron chi connectivity index (χ4n) is 3.38. The van der Waals surface area contributed by atoms with E-state index in [9.17, 15) is 9.59 Å². The largest absolute Gasteiger partial charge is 0.352 e. The first-order valence-corrected chi connectivity index (χ1v) is 6.36. The van der Waals surface area contributed by atoms with Crippen molar-refractivity contribution in [3.8, 4) is 0 Å². The Morgan fingerprint density at radius 1 is 1.12 bits per heavy atom. The highest BCUT2D eigenvalue weighted by atomic mass is 16.2. The second-order valence-corrected chi connectivity index (χ2v) is 5.93. The van der Waals surface area contributed by atoms with Crippen LogP contribution in [-0.2, 0) is 9.59 Å². The Bertz CT molecular complexity index is 363. The van der Waals surface area contributed by atoms with Gasteiger partial charge >= 0.3 is 0 Å². The smallest absolute Gasteiger partial charge is 0.242 e. The summed E-state index contributed by atoms with van der Waals surface area (Å²) in [6.45, 7) is 6.49. The summed E-state index contributed by atoms with van der Waals surface area (Å²) in [5.41, 5.74) is -0.774. The Kier molecular flexibility index (Phi) is 2.09. The zero-order valence-electron chi connectivity index (χ0n) is 10.4. The predicted molar refractivity (Wildman–Crippen MR) is 62.3 cm³/mol. The van der Waals surface area contributed by atoms with Crippen LogP contribution < -0.4 is 10.6 Å². The van der Waals surface area contributed by atoms with Crippen LogP contribution in [0.4, 0.5) is 0 Å². The van der Waals surface area contributed by atoms with E-state index >= 15 is 0 Å². The molecule has 0 saturated carbocycles. The Balaban J connectivity index is 1.93. The van der Waals surface area contributed by atoms with Gasteiger partial charge in [-0.05, 0) is 18.8 Å². The van der Waals surface area contributed by atoms with Gasteiger partial charge < -0.3 is 10.6 Å². The SMILES string of the molecule is CC(C)CN1C2(CCC13CNC3=O)CNC2=O. The third-order valence-corrected chi connectivity index (χ3v) is 4.46. The molecule has 3 fully saturated rings. The zero-order chi connectivity index (χ0) is 12.3. The van der Waals surface area contributed by atoms with Gasteiger partial charge in [0.1, 0.15) is 11.1 Å². The van der Waals surface area contributed by atoms with E-state index in [0.717, 1.165) is 19.4 Å². The molecule has 0 aromatic rings. The fraction of sp³-hybridized carbons (Fsp3) is 0.833. The van der Waals surface area contributed by atoms with E-state index in [0.29, 0.717) is 19.0 Å². The van der Waals surface area contributed by atoms with Crippen molar-refractivity contribution >= 4 is 11.8 Å². The van der Waals surface area contributed by atoms with Gasteiger partial charge in [0.05, 0.1) is 0 Å². The van der Waals surface area contributed by atoms with Gasteiger partial charge in [0.15, 0.2) is 0 Å². The number of rotatable bonds is 2. The Morgan fingerprint density at radius 2 is 1.59 bits per heavy atom. The highest BCUT2D eigenvalue weighted by Crippen LogP contribution is 2.46. The van der Waals surface area contributed by atoms with E-state index < -0.39 is 0 Å². The number of nitrogens with one attached hydrogen (secondary N) is 2. The van der Waals surface area contributed by atoms with Crippen molar-refractivity contribution in [2.24, 2.45) is 5.92 Å². The van der Waals surface area contributed by atoms with Crippen LogP contribution in [0.3, 0.4) is 0 Å². The molecule has 3 rings (SSSR count). The molecule has 2 N–H and O–H groups in total. The number of hydrogen-bond donors (Lipinski definition) is 2. The highest BCUT2D eigenvalue weighted by molar-refractivity contribution is 5.98. The summed E-state index contributed by atoms with van der Waals surface area (Å²) >= 11 is 0. The second-order valence-electron chi connectivity index (χ2n) is 5.93. The van der Waals surface area contributed by atoms with E-state index in [4.69, 9.17) is 0 Å². The Morgan fingerprint density at radius 3 is 1.82 bits per heavy atom. The molecule has 2 atom stereocenters. The van der Waals surface area contributed by atoms with Gasteiger partial charge in [0, 0.05) is 19.6 Å². The normalized spacial score (nSPS) is 40.4. The van der Waals surface area contributed by atoms with Crippen molar-refractivity contribution in [1.29, 1.82) is 0 Å². The van der Waals surface area contributed by atoms with Gasteiger partial charge in [-0.1, -0.05) is 13.8 Å². The van der Waals surface area contributed by atoms with Gasteiger partial charge in [-0.25, -0.2) is 0 Å². The Hall–Kier alpha value is -1.10. The van der Waals surface area contributed by atoms with Gasteiger partial charge in [-0.15, -0.1) is 0 Å². The van der Waals surface area contributed by atoms with Crippen LogP contribution in [0.25, 0.3) is 0 Å². The average molecular weight is 237 g/mol. The lowest BCUT2D eigenvalue weighted by Crippen LogP contribution is -2.79. The number of amides is 2. The molecule has 0 radical (unpaired) electrons. The van der Waals surface area contributed by atoms with E-state index in [-0.39, 0.29) is 22.9 Å². The third-order valence-electron chi connectivity index (χ3n) is 4.46. The summed E-state index contributed by atoms with van der Waals surface area (Å²) in [7, 11) is 0. The maximum atomic E-state index is 11.9. The maximum Gasteiger partial charge on any atom is 0.242 e. The molecule has 3 saturated heterocycles. The summed E-state index contributed by atoms with van der Waals surface area (Å²) in [6, 6.07) is 0. The molecule has 2 unspecified atom stereocenters. The standard InChI is InChI=1S/C12H19N3O2/c1-8(2)5-15-11(6-13-9(11)16)3-4-12(15)7-14-10(12)17/h8H,3-7H2,1-2H3,(H,13,16)(H,14,17). The summed E-state index contributed by atoms with van der Waals surface area (Å²) in [4.78, 5) is 26.0. The third kappa shape index (κ3) is 1.18. The van der Waals surface area contributed by atoms with Crippen molar-refractivity contribution in [1.82, 2.24) is 15.5 Å². The molecule has 5 nitrogen and oxygen atoms in total. The molecular weight excluding hydrogens is 218 g/mol.